The first kappa shape index (κ1) is 23.0. The maximum Gasteiger partial charge on any atom is 0.271 e. The van der Waals surface area contributed by atoms with Gasteiger partial charge in [0.15, 0.2) is 11.4 Å². The van der Waals surface area contributed by atoms with E-state index in [-0.39, 0.29) is 34.1 Å². The summed E-state index contributed by atoms with van der Waals surface area (Å²) in [7, 11) is 0. The quantitative estimate of drug-likeness (QED) is 0.265. The van der Waals surface area contributed by atoms with Crippen LogP contribution in [0.1, 0.15) is 17.5 Å². The molecule has 39 heavy (non-hydrogen) atoms. The van der Waals surface area contributed by atoms with Crippen LogP contribution in [0.5, 0.6) is 0 Å². The number of benzene rings is 3. The zero-order valence-electron chi connectivity index (χ0n) is 20.4. The molecule has 0 fully saturated rings. The number of carbonyl (C=O) groups excluding carboxylic acids is 1. The predicted octanol–water partition coefficient (Wildman–Crippen LogP) is 5.76. The molecular formula is C29H17ClN6O3. The van der Waals surface area contributed by atoms with Gasteiger partial charge in [-0.1, -0.05) is 77.4 Å². The minimum absolute atomic E-state index is 0.0380. The van der Waals surface area contributed by atoms with Crippen LogP contribution in [0.4, 0.5) is 0 Å². The number of para-hydroxylation sites is 1. The zero-order chi connectivity index (χ0) is 26.7. The van der Waals surface area contributed by atoms with Crippen LogP contribution in [0.15, 0.2) is 94.2 Å². The second-order valence-electron chi connectivity index (χ2n) is 8.95. The van der Waals surface area contributed by atoms with Crippen molar-refractivity contribution in [2.45, 2.75) is 6.92 Å². The third-order valence-electron chi connectivity index (χ3n) is 6.52. The Morgan fingerprint density at radius 3 is 2.23 bits per heavy atom. The normalized spacial score (nSPS) is 11.5. The number of carbonyl (C=O) groups is 1. The smallest absolute Gasteiger partial charge is 0.271 e. The van der Waals surface area contributed by atoms with E-state index in [9.17, 15) is 9.59 Å². The summed E-state index contributed by atoms with van der Waals surface area (Å²) in [6.45, 7) is 1.36. The molecule has 0 amide bonds. The molecule has 9 nitrogen and oxygen atoms in total. The number of aromatic nitrogens is 6. The third kappa shape index (κ3) is 3.55. The van der Waals surface area contributed by atoms with E-state index >= 15 is 0 Å². The molecule has 0 saturated carbocycles. The first-order valence-corrected chi connectivity index (χ1v) is 12.4. The summed E-state index contributed by atoms with van der Waals surface area (Å²) in [4.78, 5) is 36.4. The lowest BCUT2D eigenvalue weighted by atomic mass is 9.97. The van der Waals surface area contributed by atoms with Gasteiger partial charge in [0.25, 0.3) is 11.3 Å². The number of rotatable bonds is 4. The van der Waals surface area contributed by atoms with Crippen molar-refractivity contribution in [2.75, 3.05) is 0 Å². The number of pyridine rings is 1. The monoisotopic (exact) mass is 532 g/mol. The van der Waals surface area contributed by atoms with E-state index in [1.165, 1.54) is 16.0 Å². The summed E-state index contributed by atoms with van der Waals surface area (Å²) in [5.74, 6) is -0.264. The molecule has 4 heterocycles. The van der Waals surface area contributed by atoms with Gasteiger partial charge in [0, 0.05) is 23.1 Å². The van der Waals surface area contributed by atoms with Gasteiger partial charge in [0.05, 0.1) is 16.5 Å². The average molecular weight is 533 g/mol. The summed E-state index contributed by atoms with van der Waals surface area (Å²) in [5, 5.41) is 10.1. The molecule has 7 aromatic rings. The number of fused-ring (bicyclic) bond motifs is 3. The van der Waals surface area contributed by atoms with Crippen LogP contribution in [0.3, 0.4) is 0 Å². The number of hydrogen-bond donors (Lipinski definition) is 0. The van der Waals surface area contributed by atoms with Gasteiger partial charge in [0.1, 0.15) is 5.69 Å². The van der Waals surface area contributed by atoms with Crippen molar-refractivity contribution in [3.05, 3.63) is 106 Å². The fraction of sp³-hybridized carbons (Fsp3) is 0.0345. The topological polar surface area (TPSA) is 108 Å². The van der Waals surface area contributed by atoms with Gasteiger partial charge in [-0.05, 0) is 29.8 Å². The number of halogens is 1. The lowest BCUT2D eigenvalue weighted by Gasteiger charge is -2.10. The summed E-state index contributed by atoms with van der Waals surface area (Å²) < 4.78 is 8.39. The second-order valence-corrected chi connectivity index (χ2v) is 9.39. The summed E-state index contributed by atoms with van der Waals surface area (Å²) in [6, 6.07) is 25.7. The Morgan fingerprint density at radius 2 is 1.54 bits per heavy atom. The van der Waals surface area contributed by atoms with Crippen molar-refractivity contribution < 1.29 is 9.32 Å². The van der Waals surface area contributed by atoms with Crippen LogP contribution in [0, 0.1) is 0 Å². The van der Waals surface area contributed by atoms with Crippen LogP contribution < -0.4 is 5.56 Å². The summed E-state index contributed by atoms with van der Waals surface area (Å²) in [6.07, 6.45) is 0. The molecule has 7 rings (SSSR count). The highest BCUT2D eigenvalue weighted by atomic mass is 35.5. The van der Waals surface area contributed by atoms with Gasteiger partial charge in [-0.15, -0.1) is 5.10 Å². The van der Waals surface area contributed by atoms with E-state index in [0.29, 0.717) is 32.9 Å². The Balaban J connectivity index is 1.68. The summed E-state index contributed by atoms with van der Waals surface area (Å²) in [5.41, 5.74) is 3.06. The van der Waals surface area contributed by atoms with Crippen molar-refractivity contribution >= 4 is 45.3 Å². The Bertz CT molecular complexity index is 2110. The molecule has 3 aromatic carbocycles. The maximum atomic E-state index is 14.3. The number of ketones is 1. The van der Waals surface area contributed by atoms with E-state index in [1.54, 1.807) is 12.1 Å². The van der Waals surface area contributed by atoms with Crippen molar-refractivity contribution in [2.24, 2.45) is 0 Å². The van der Waals surface area contributed by atoms with Crippen LogP contribution in [-0.2, 0) is 0 Å². The van der Waals surface area contributed by atoms with E-state index in [4.69, 9.17) is 21.1 Å². The molecule has 188 valence electrons. The molecule has 10 heteroatoms. The number of hydrogen-bond acceptors (Lipinski definition) is 7. The lowest BCUT2D eigenvalue weighted by molar-refractivity contribution is 0.100. The molecule has 0 aliphatic carbocycles. The van der Waals surface area contributed by atoms with Crippen LogP contribution in [0.2, 0.25) is 5.02 Å². The fourth-order valence-corrected chi connectivity index (χ4v) is 4.91. The first-order chi connectivity index (χ1) is 19.0. The third-order valence-corrected chi connectivity index (χ3v) is 6.77. The second kappa shape index (κ2) is 8.71. The zero-order valence-corrected chi connectivity index (χ0v) is 21.1. The highest BCUT2D eigenvalue weighted by Crippen LogP contribution is 2.39. The Labute approximate surface area is 224 Å². The lowest BCUT2D eigenvalue weighted by Crippen LogP contribution is -2.20. The van der Waals surface area contributed by atoms with Crippen LogP contribution in [0.25, 0.3) is 56.0 Å². The van der Waals surface area contributed by atoms with Gasteiger partial charge in [0.2, 0.25) is 11.6 Å². The van der Waals surface area contributed by atoms with Crippen molar-refractivity contribution in [3.63, 3.8) is 0 Å². The van der Waals surface area contributed by atoms with Gasteiger partial charge in [-0.3, -0.25) is 9.59 Å². The Morgan fingerprint density at radius 1 is 0.846 bits per heavy atom. The minimum atomic E-state index is -0.484. The largest absolute Gasteiger partial charge is 0.335 e. The van der Waals surface area contributed by atoms with Gasteiger partial charge in [-0.2, -0.15) is 14.6 Å². The molecule has 0 aliphatic rings. The highest BCUT2D eigenvalue weighted by Gasteiger charge is 2.26. The molecule has 0 atom stereocenters. The molecule has 0 spiro atoms. The SMILES string of the molecule is CC(=O)c1nn(-c2ccccc2)c2nc3nc4onc(-c5ccccc5)c4c(-c4ccc(Cl)cc4)c3c(=O)n12. The van der Waals surface area contributed by atoms with Crippen molar-refractivity contribution in [1.29, 1.82) is 0 Å². The molecule has 0 unspecified atom stereocenters. The van der Waals surface area contributed by atoms with E-state index < -0.39 is 5.56 Å². The molecule has 0 N–H and O–H groups in total. The number of nitrogens with zero attached hydrogens (tertiary/aromatic N) is 6. The molecule has 4 aromatic heterocycles. The molecular weight excluding hydrogens is 516 g/mol. The van der Waals surface area contributed by atoms with Gasteiger partial charge in [-0.25, -0.2) is 4.40 Å². The average Bonchev–Trinajstić information content (AvgIpc) is 3.56. The Hall–Kier alpha value is -5.15. The van der Waals surface area contributed by atoms with Gasteiger partial charge >= 0.3 is 0 Å². The predicted molar refractivity (Wildman–Crippen MR) is 147 cm³/mol. The Kier molecular flexibility index (Phi) is 5.14. The maximum absolute atomic E-state index is 14.3. The molecule has 0 saturated heterocycles. The molecule has 0 aliphatic heterocycles. The standard InChI is InChI=1S/C29H17ClN6O3/c1-16(37)26-33-36(20-10-6-3-7-11-20)29-32-25-23(28(38)35(26)29)21(17-12-14-19(30)15-13-17)22-24(34-39-27(22)31-25)18-8-4-2-5-9-18/h2-15H,1H3. The molecule has 0 radical (unpaired) electrons. The van der Waals surface area contributed by atoms with E-state index in [2.05, 4.69) is 15.2 Å². The summed E-state index contributed by atoms with van der Waals surface area (Å²) >= 11 is 6.20. The molecule has 0 bridgehead atoms. The van der Waals surface area contributed by atoms with Crippen molar-refractivity contribution in [3.8, 4) is 28.1 Å². The van der Waals surface area contributed by atoms with E-state index in [1.807, 2.05) is 72.8 Å². The highest BCUT2D eigenvalue weighted by molar-refractivity contribution is 6.30. The van der Waals surface area contributed by atoms with E-state index in [0.717, 1.165) is 5.56 Å². The van der Waals surface area contributed by atoms with Gasteiger partial charge < -0.3 is 4.52 Å². The van der Waals surface area contributed by atoms with Crippen LogP contribution >= 0.6 is 11.6 Å². The minimum Gasteiger partial charge on any atom is -0.335 e. The fourth-order valence-electron chi connectivity index (χ4n) is 4.79. The van der Waals surface area contributed by atoms with Crippen molar-refractivity contribution in [1.82, 2.24) is 29.3 Å². The van der Waals surface area contributed by atoms with Crippen LogP contribution in [-0.4, -0.2) is 35.1 Å². The first-order valence-electron chi connectivity index (χ1n) is 12.0. The number of Topliss-reactive ketones (excluding diaryl/α,β-unsaturated/α-hetero) is 1.